The van der Waals surface area contributed by atoms with Crippen molar-refractivity contribution in [2.45, 2.75) is 26.5 Å². The van der Waals surface area contributed by atoms with Crippen molar-refractivity contribution in [3.63, 3.8) is 0 Å². The van der Waals surface area contributed by atoms with Gasteiger partial charge in [-0.15, -0.1) is 11.3 Å². The van der Waals surface area contributed by atoms with E-state index in [-0.39, 0.29) is 18.2 Å². The lowest BCUT2D eigenvalue weighted by atomic mass is 10.1. The Bertz CT molecular complexity index is 1030. The van der Waals surface area contributed by atoms with Gasteiger partial charge in [0.2, 0.25) is 5.91 Å². The Hall–Kier alpha value is -3.19. The molecule has 0 atom stereocenters. The molecule has 142 valence electrons. The molecule has 1 aliphatic rings. The van der Waals surface area contributed by atoms with E-state index in [1.807, 2.05) is 42.6 Å². The SMILES string of the molecule is Cc1ccc(OCc2nc(CC(=O)Nc3ccc4c(c3)C(=O)NC4)cs2)cc1. The lowest BCUT2D eigenvalue weighted by Crippen LogP contribution is -2.15. The molecule has 2 amide bonds. The van der Waals surface area contributed by atoms with Gasteiger partial charge in [0, 0.05) is 23.2 Å². The van der Waals surface area contributed by atoms with Crippen molar-refractivity contribution in [1.82, 2.24) is 10.3 Å². The van der Waals surface area contributed by atoms with E-state index in [1.54, 1.807) is 12.1 Å². The standard InChI is InChI=1S/C21H19N3O3S/c1-13-2-6-17(7-3-13)27-11-20-24-16(12-28-20)9-19(25)23-15-5-4-14-10-22-21(26)18(14)8-15/h2-8,12H,9-11H2,1H3,(H,22,26)(H,23,25). The maximum atomic E-state index is 12.3. The number of aromatic nitrogens is 1. The number of ether oxygens (including phenoxy) is 1. The highest BCUT2D eigenvalue weighted by molar-refractivity contribution is 7.09. The van der Waals surface area contributed by atoms with Gasteiger partial charge < -0.3 is 15.4 Å². The molecule has 0 aliphatic carbocycles. The summed E-state index contributed by atoms with van der Waals surface area (Å²) in [6.45, 7) is 2.93. The van der Waals surface area contributed by atoms with Crippen molar-refractivity contribution >= 4 is 28.8 Å². The van der Waals surface area contributed by atoms with Crippen molar-refractivity contribution < 1.29 is 14.3 Å². The number of carbonyl (C=O) groups excluding carboxylic acids is 2. The number of nitrogens with zero attached hydrogens (tertiary/aromatic N) is 1. The molecule has 2 aromatic carbocycles. The van der Waals surface area contributed by atoms with Crippen LogP contribution >= 0.6 is 11.3 Å². The third-order valence-electron chi connectivity index (χ3n) is 4.40. The van der Waals surface area contributed by atoms with Crippen LogP contribution in [-0.4, -0.2) is 16.8 Å². The topological polar surface area (TPSA) is 80.3 Å². The van der Waals surface area contributed by atoms with E-state index in [9.17, 15) is 9.59 Å². The largest absolute Gasteiger partial charge is 0.486 e. The van der Waals surface area contributed by atoms with Crippen LogP contribution in [0.2, 0.25) is 0 Å². The van der Waals surface area contributed by atoms with Crippen molar-refractivity contribution in [1.29, 1.82) is 0 Å². The van der Waals surface area contributed by atoms with Gasteiger partial charge in [0.1, 0.15) is 17.4 Å². The van der Waals surface area contributed by atoms with Gasteiger partial charge in [0.05, 0.1) is 12.1 Å². The van der Waals surface area contributed by atoms with E-state index < -0.39 is 0 Å². The molecule has 0 spiro atoms. The molecule has 2 heterocycles. The van der Waals surface area contributed by atoms with Crippen LogP contribution in [-0.2, 0) is 24.4 Å². The van der Waals surface area contributed by atoms with Crippen molar-refractivity contribution in [3.05, 3.63) is 75.2 Å². The maximum Gasteiger partial charge on any atom is 0.251 e. The number of carbonyl (C=O) groups is 2. The highest BCUT2D eigenvalue weighted by Gasteiger charge is 2.19. The van der Waals surface area contributed by atoms with Gasteiger partial charge in [-0.3, -0.25) is 9.59 Å². The Morgan fingerprint density at radius 1 is 1.25 bits per heavy atom. The van der Waals surface area contributed by atoms with E-state index in [1.165, 1.54) is 16.9 Å². The number of nitrogens with one attached hydrogen (secondary N) is 2. The van der Waals surface area contributed by atoms with Gasteiger partial charge in [-0.2, -0.15) is 0 Å². The first-order valence-electron chi connectivity index (χ1n) is 8.90. The molecule has 0 unspecified atom stereocenters. The number of amides is 2. The van der Waals surface area contributed by atoms with E-state index in [0.29, 0.717) is 30.1 Å². The highest BCUT2D eigenvalue weighted by Crippen LogP contribution is 2.21. The van der Waals surface area contributed by atoms with Crippen LogP contribution in [0.15, 0.2) is 47.8 Å². The predicted octanol–water partition coefficient (Wildman–Crippen LogP) is 3.46. The normalized spacial score (nSPS) is 12.4. The molecule has 0 fully saturated rings. The number of thiazole rings is 1. The molecule has 1 aliphatic heterocycles. The van der Waals surface area contributed by atoms with E-state index >= 15 is 0 Å². The summed E-state index contributed by atoms with van der Waals surface area (Å²) in [6.07, 6.45) is 0.171. The minimum absolute atomic E-state index is 0.108. The second kappa shape index (κ2) is 7.82. The van der Waals surface area contributed by atoms with Crippen LogP contribution in [0.4, 0.5) is 5.69 Å². The average molecular weight is 393 g/mol. The first kappa shape index (κ1) is 18.2. The third-order valence-corrected chi connectivity index (χ3v) is 5.27. The summed E-state index contributed by atoms with van der Waals surface area (Å²) >= 11 is 1.47. The molecule has 4 rings (SSSR count). The van der Waals surface area contributed by atoms with Gasteiger partial charge >= 0.3 is 0 Å². The summed E-state index contributed by atoms with van der Waals surface area (Å²) in [4.78, 5) is 28.5. The lowest BCUT2D eigenvalue weighted by Gasteiger charge is -2.06. The minimum atomic E-state index is -0.172. The van der Waals surface area contributed by atoms with Crippen molar-refractivity contribution in [3.8, 4) is 5.75 Å². The summed E-state index contributed by atoms with van der Waals surface area (Å²) < 4.78 is 5.72. The fourth-order valence-corrected chi connectivity index (χ4v) is 3.64. The van der Waals surface area contributed by atoms with Crippen LogP contribution in [0.25, 0.3) is 0 Å². The Morgan fingerprint density at radius 3 is 2.89 bits per heavy atom. The second-order valence-corrected chi connectivity index (χ2v) is 7.56. The average Bonchev–Trinajstić information content (AvgIpc) is 3.28. The third kappa shape index (κ3) is 4.20. The number of hydrogen-bond donors (Lipinski definition) is 2. The fourth-order valence-electron chi connectivity index (χ4n) is 2.94. The first-order valence-corrected chi connectivity index (χ1v) is 9.78. The number of aryl methyl sites for hydroxylation is 1. The molecule has 0 radical (unpaired) electrons. The van der Waals surface area contributed by atoms with Gasteiger partial charge in [-0.1, -0.05) is 23.8 Å². The van der Waals surface area contributed by atoms with Crippen molar-refractivity contribution in [2.24, 2.45) is 0 Å². The molecular formula is C21H19N3O3S. The molecule has 7 heteroatoms. The zero-order valence-corrected chi connectivity index (χ0v) is 16.1. The summed E-state index contributed by atoms with van der Waals surface area (Å²) in [7, 11) is 0. The fraction of sp³-hybridized carbons (Fsp3) is 0.190. The van der Waals surface area contributed by atoms with Gasteiger partial charge in [-0.05, 0) is 36.8 Å². The highest BCUT2D eigenvalue weighted by atomic mass is 32.1. The predicted molar refractivity (Wildman–Crippen MR) is 108 cm³/mol. The molecule has 0 saturated heterocycles. The monoisotopic (exact) mass is 393 g/mol. The van der Waals surface area contributed by atoms with Crippen LogP contribution in [0.1, 0.15) is 32.2 Å². The second-order valence-electron chi connectivity index (χ2n) is 6.61. The number of benzene rings is 2. The molecule has 0 bridgehead atoms. The quantitative estimate of drug-likeness (QED) is 0.672. The van der Waals surface area contributed by atoms with Gasteiger partial charge in [0.15, 0.2) is 0 Å². The molecule has 1 aromatic heterocycles. The van der Waals surface area contributed by atoms with Crippen molar-refractivity contribution in [2.75, 3.05) is 5.32 Å². The molecule has 3 aromatic rings. The first-order chi connectivity index (χ1) is 13.6. The summed E-state index contributed by atoms with van der Waals surface area (Å²) in [6, 6.07) is 13.2. The van der Waals surface area contributed by atoms with Gasteiger partial charge in [0.25, 0.3) is 5.91 Å². The minimum Gasteiger partial charge on any atom is -0.486 e. The van der Waals surface area contributed by atoms with E-state index in [4.69, 9.17) is 4.74 Å². The molecular weight excluding hydrogens is 374 g/mol. The Kier molecular flexibility index (Phi) is 5.08. The van der Waals surface area contributed by atoms with Crippen LogP contribution in [0.3, 0.4) is 0 Å². The number of hydrogen-bond acceptors (Lipinski definition) is 5. The number of fused-ring (bicyclic) bond motifs is 1. The number of anilines is 1. The zero-order chi connectivity index (χ0) is 19.5. The Balaban J connectivity index is 1.32. The summed E-state index contributed by atoms with van der Waals surface area (Å²) in [5.74, 6) is 0.513. The molecule has 6 nitrogen and oxygen atoms in total. The lowest BCUT2D eigenvalue weighted by molar-refractivity contribution is -0.115. The van der Waals surface area contributed by atoms with E-state index in [2.05, 4.69) is 15.6 Å². The Morgan fingerprint density at radius 2 is 2.07 bits per heavy atom. The smallest absolute Gasteiger partial charge is 0.251 e. The van der Waals surface area contributed by atoms with Crippen LogP contribution in [0, 0.1) is 6.92 Å². The summed E-state index contributed by atoms with van der Waals surface area (Å²) in [5, 5.41) is 8.27. The van der Waals surface area contributed by atoms with E-state index in [0.717, 1.165) is 16.3 Å². The molecule has 0 saturated carbocycles. The maximum absolute atomic E-state index is 12.3. The molecule has 2 N–H and O–H groups in total. The van der Waals surface area contributed by atoms with Crippen LogP contribution < -0.4 is 15.4 Å². The zero-order valence-electron chi connectivity index (χ0n) is 15.3. The Labute approximate surface area is 166 Å². The van der Waals surface area contributed by atoms with Crippen LogP contribution in [0.5, 0.6) is 5.75 Å². The summed E-state index contributed by atoms with van der Waals surface area (Å²) in [5.41, 5.74) is 4.05. The molecule has 28 heavy (non-hydrogen) atoms. The van der Waals surface area contributed by atoms with Gasteiger partial charge in [-0.25, -0.2) is 4.98 Å². The number of rotatable bonds is 6.